The van der Waals surface area contributed by atoms with E-state index in [0.717, 1.165) is 25.2 Å². The van der Waals surface area contributed by atoms with Crippen LogP contribution in [-0.4, -0.2) is 25.3 Å². The Balaban J connectivity index is 2.02. The third kappa shape index (κ3) is 2.82. The van der Waals surface area contributed by atoms with E-state index in [1.54, 1.807) is 11.8 Å². The zero-order valence-electron chi connectivity index (χ0n) is 10.2. The van der Waals surface area contributed by atoms with Crippen LogP contribution in [0.15, 0.2) is 29.2 Å². The van der Waals surface area contributed by atoms with Gasteiger partial charge in [-0.1, -0.05) is 0 Å². The van der Waals surface area contributed by atoms with Crippen LogP contribution in [0.25, 0.3) is 0 Å². The van der Waals surface area contributed by atoms with E-state index in [1.165, 1.54) is 4.90 Å². The highest BCUT2D eigenvalue weighted by molar-refractivity contribution is 7.98. The molecule has 92 valence electrons. The lowest BCUT2D eigenvalue weighted by atomic mass is 9.89. The van der Waals surface area contributed by atoms with E-state index in [9.17, 15) is 4.79 Å². The second-order valence-electron chi connectivity index (χ2n) is 4.67. The van der Waals surface area contributed by atoms with Gasteiger partial charge in [0.05, 0.1) is 5.41 Å². The minimum Gasteiger partial charge on any atom is -0.326 e. The zero-order chi connectivity index (χ0) is 12.3. The molecule has 0 aromatic heterocycles. The van der Waals surface area contributed by atoms with Crippen molar-refractivity contribution < 1.29 is 4.79 Å². The largest absolute Gasteiger partial charge is 0.326 e. The number of benzene rings is 1. The molecular formula is C13H18N2OS. The zero-order valence-corrected chi connectivity index (χ0v) is 11.1. The molecule has 0 bridgehead atoms. The Labute approximate surface area is 106 Å². The predicted octanol–water partition coefficient (Wildman–Crippen LogP) is 2.35. The van der Waals surface area contributed by atoms with E-state index >= 15 is 0 Å². The molecule has 4 heteroatoms. The Bertz CT molecular complexity index is 396. The van der Waals surface area contributed by atoms with Crippen molar-refractivity contribution in [1.29, 1.82) is 0 Å². The normalized spacial score (nSPS) is 23.6. The summed E-state index contributed by atoms with van der Waals surface area (Å²) in [7, 11) is 0. The van der Waals surface area contributed by atoms with E-state index in [2.05, 4.69) is 10.6 Å². The second-order valence-corrected chi connectivity index (χ2v) is 5.55. The maximum atomic E-state index is 12.1. The quantitative estimate of drug-likeness (QED) is 0.809. The number of carbonyl (C=O) groups excluding carboxylic acids is 1. The van der Waals surface area contributed by atoms with E-state index in [-0.39, 0.29) is 11.3 Å². The fourth-order valence-corrected chi connectivity index (χ4v) is 2.38. The standard InChI is InChI=1S/C13H18N2OS/c1-13(7-8-14-9-13)12(16)15-10-3-5-11(17-2)6-4-10/h3-6,14H,7-9H2,1-2H3,(H,15,16). The number of hydrogen-bond donors (Lipinski definition) is 2. The summed E-state index contributed by atoms with van der Waals surface area (Å²) in [6, 6.07) is 7.95. The lowest BCUT2D eigenvalue weighted by molar-refractivity contribution is -0.123. The summed E-state index contributed by atoms with van der Waals surface area (Å²) in [6.07, 6.45) is 2.94. The molecular weight excluding hydrogens is 232 g/mol. The number of thioether (sulfide) groups is 1. The molecule has 1 atom stereocenters. The smallest absolute Gasteiger partial charge is 0.231 e. The van der Waals surface area contributed by atoms with E-state index in [1.807, 2.05) is 37.4 Å². The third-order valence-corrected chi connectivity index (χ3v) is 4.01. The molecule has 1 aromatic carbocycles. The van der Waals surface area contributed by atoms with Gasteiger partial charge in [-0.2, -0.15) is 0 Å². The van der Waals surface area contributed by atoms with Crippen LogP contribution in [0.5, 0.6) is 0 Å². The fourth-order valence-electron chi connectivity index (χ4n) is 1.97. The Morgan fingerprint density at radius 1 is 1.41 bits per heavy atom. The van der Waals surface area contributed by atoms with Gasteiger partial charge in [-0.3, -0.25) is 4.79 Å². The van der Waals surface area contributed by atoms with Crippen LogP contribution in [0.1, 0.15) is 13.3 Å². The summed E-state index contributed by atoms with van der Waals surface area (Å²) in [6.45, 7) is 3.70. The van der Waals surface area contributed by atoms with Crippen LogP contribution in [-0.2, 0) is 4.79 Å². The molecule has 1 heterocycles. The molecule has 1 aliphatic heterocycles. The van der Waals surface area contributed by atoms with Gasteiger partial charge in [0.2, 0.25) is 5.91 Å². The van der Waals surface area contributed by atoms with Gasteiger partial charge in [0, 0.05) is 17.1 Å². The van der Waals surface area contributed by atoms with Gasteiger partial charge in [-0.25, -0.2) is 0 Å². The summed E-state index contributed by atoms with van der Waals surface area (Å²) < 4.78 is 0. The Kier molecular flexibility index (Phi) is 3.74. The molecule has 0 spiro atoms. The molecule has 1 amide bonds. The van der Waals surface area contributed by atoms with Gasteiger partial charge in [0.25, 0.3) is 0 Å². The summed E-state index contributed by atoms with van der Waals surface area (Å²) in [5.41, 5.74) is 0.610. The highest BCUT2D eigenvalue weighted by Gasteiger charge is 2.36. The molecule has 1 aromatic rings. The van der Waals surface area contributed by atoms with Crippen molar-refractivity contribution in [2.24, 2.45) is 5.41 Å². The van der Waals surface area contributed by atoms with Crippen molar-refractivity contribution in [3.05, 3.63) is 24.3 Å². The van der Waals surface area contributed by atoms with Crippen molar-refractivity contribution >= 4 is 23.4 Å². The lowest BCUT2D eigenvalue weighted by Gasteiger charge is -2.21. The maximum Gasteiger partial charge on any atom is 0.231 e. The summed E-state index contributed by atoms with van der Waals surface area (Å²) in [5, 5.41) is 6.22. The van der Waals surface area contributed by atoms with Crippen LogP contribution >= 0.6 is 11.8 Å². The predicted molar refractivity (Wildman–Crippen MR) is 72.4 cm³/mol. The average Bonchev–Trinajstić information content (AvgIpc) is 2.78. The van der Waals surface area contributed by atoms with Gasteiger partial charge >= 0.3 is 0 Å². The van der Waals surface area contributed by atoms with E-state index in [4.69, 9.17) is 0 Å². The highest BCUT2D eigenvalue weighted by atomic mass is 32.2. The fraction of sp³-hybridized carbons (Fsp3) is 0.462. The molecule has 0 saturated carbocycles. The summed E-state index contributed by atoms with van der Waals surface area (Å²) >= 11 is 1.70. The minimum atomic E-state index is -0.266. The molecule has 0 aliphatic carbocycles. The van der Waals surface area contributed by atoms with Gasteiger partial charge in [0.1, 0.15) is 0 Å². The number of anilines is 1. The molecule has 1 unspecified atom stereocenters. The molecule has 0 radical (unpaired) electrons. The molecule has 17 heavy (non-hydrogen) atoms. The number of rotatable bonds is 3. The van der Waals surface area contributed by atoms with Crippen molar-refractivity contribution in [3.63, 3.8) is 0 Å². The first-order valence-corrected chi connectivity index (χ1v) is 7.03. The van der Waals surface area contributed by atoms with Crippen LogP contribution in [0.4, 0.5) is 5.69 Å². The number of amides is 1. The van der Waals surface area contributed by atoms with Crippen LogP contribution in [0, 0.1) is 5.41 Å². The average molecular weight is 250 g/mol. The Morgan fingerprint density at radius 3 is 2.65 bits per heavy atom. The van der Waals surface area contributed by atoms with Gasteiger partial charge in [-0.15, -0.1) is 11.8 Å². The highest BCUT2D eigenvalue weighted by Crippen LogP contribution is 2.26. The van der Waals surface area contributed by atoms with E-state index < -0.39 is 0 Å². The SMILES string of the molecule is CSc1ccc(NC(=O)C2(C)CCNC2)cc1. The van der Waals surface area contributed by atoms with E-state index in [0.29, 0.717) is 0 Å². The first-order valence-electron chi connectivity index (χ1n) is 5.80. The van der Waals surface area contributed by atoms with Crippen LogP contribution in [0.2, 0.25) is 0 Å². The van der Waals surface area contributed by atoms with Gasteiger partial charge in [0.15, 0.2) is 0 Å². The lowest BCUT2D eigenvalue weighted by Crippen LogP contribution is -2.35. The molecule has 1 fully saturated rings. The molecule has 2 rings (SSSR count). The molecule has 2 N–H and O–H groups in total. The second kappa shape index (κ2) is 5.10. The van der Waals surface area contributed by atoms with Gasteiger partial charge < -0.3 is 10.6 Å². The van der Waals surface area contributed by atoms with Crippen LogP contribution < -0.4 is 10.6 Å². The monoisotopic (exact) mass is 250 g/mol. The first kappa shape index (κ1) is 12.5. The number of hydrogen-bond acceptors (Lipinski definition) is 3. The number of nitrogens with one attached hydrogen (secondary N) is 2. The Morgan fingerprint density at radius 2 is 2.12 bits per heavy atom. The van der Waals surface area contributed by atoms with Gasteiger partial charge in [-0.05, 0) is 50.4 Å². The first-order chi connectivity index (χ1) is 8.14. The van der Waals surface area contributed by atoms with Crippen molar-refractivity contribution in [3.8, 4) is 0 Å². The molecule has 3 nitrogen and oxygen atoms in total. The van der Waals surface area contributed by atoms with Crippen molar-refractivity contribution in [2.75, 3.05) is 24.7 Å². The third-order valence-electron chi connectivity index (χ3n) is 3.26. The molecule has 1 aliphatic rings. The maximum absolute atomic E-state index is 12.1. The topological polar surface area (TPSA) is 41.1 Å². The van der Waals surface area contributed by atoms with Crippen molar-refractivity contribution in [2.45, 2.75) is 18.2 Å². The summed E-state index contributed by atoms with van der Waals surface area (Å²) in [5.74, 6) is 0.111. The Hall–Kier alpha value is -1.00. The summed E-state index contributed by atoms with van der Waals surface area (Å²) in [4.78, 5) is 13.3. The van der Waals surface area contributed by atoms with Crippen molar-refractivity contribution in [1.82, 2.24) is 5.32 Å². The number of carbonyl (C=O) groups is 1. The van der Waals surface area contributed by atoms with Crippen LogP contribution in [0.3, 0.4) is 0 Å². The molecule has 1 saturated heterocycles. The minimum absolute atomic E-state index is 0.111.